The highest BCUT2D eigenvalue weighted by atomic mass is 16.1. The van der Waals surface area contributed by atoms with Gasteiger partial charge in [0.1, 0.15) is 5.78 Å². The Morgan fingerprint density at radius 2 is 2.00 bits per heavy atom. The standard InChI is InChI=1S/C16H22O/c1-4-12(2)15(17)16(9-10-16)11-14-8-6-5-7-13(14)3/h5-8,12H,4,9-11H2,1-3H3. The molecule has 1 aliphatic rings. The fourth-order valence-electron chi connectivity index (χ4n) is 2.54. The van der Waals surface area contributed by atoms with Crippen LogP contribution < -0.4 is 0 Å². The summed E-state index contributed by atoms with van der Waals surface area (Å²) in [6.07, 6.45) is 4.09. The zero-order chi connectivity index (χ0) is 12.5. The molecule has 1 atom stereocenters. The number of carbonyl (C=O) groups excluding carboxylic acids is 1. The Bertz CT molecular complexity index is 415. The SMILES string of the molecule is CCC(C)C(=O)C1(Cc2ccccc2C)CC1. The molecule has 0 heterocycles. The van der Waals surface area contributed by atoms with E-state index >= 15 is 0 Å². The number of rotatable bonds is 5. The maximum atomic E-state index is 12.4. The maximum absolute atomic E-state index is 12.4. The minimum Gasteiger partial charge on any atom is -0.299 e. The summed E-state index contributed by atoms with van der Waals surface area (Å²) in [7, 11) is 0. The molecule has 0 N–H and O–H groups in total. The van der Waals surface area contributed by atoms with E-state index in [2.05, 4.69) is 45.0 Å². The summed E-state index contributed by atoms with van der Waals surface area (Å²) in [6, 6.07) is 8.44. The van der Waals surface area contributed by atoms with Gasteiger partial charge in [0.05, 0.1) is 0 Å². The number of hydrogen-bond acceptors (Lipinski definition) is 1. The molecule has 0 radical (unpaired) electrons. The quantitative estimate of drug-likeness (QED) is 0.749. The van der Waals surface area contributed by atoms with E-state index in [0.717, 1.165) is 25.7 Å². The molecule has 0 aliphatic heterocycles. The number of hydrogen-bond donors (Lipinski definition) is 0. The fourth-order valence-corrected chi connectivity index (χ4v) is 2.54. The van der Waals surface area contributed by atoms with E-state index in [1.54, 1.807) is 0 Å². The van der Waals surface area contributed by atoms with Crippen molar-refractivity contribution in [1.82, 2.24) is 0 Å². The van der Waals surface area contributed by atoms with Crippen molar-refractivity contribution in [2.24, 2.45) is 11.3 Å². The van der Waals surface area contributed by atoms with Crippen molar-refractivity contribution in [3.8, 4) is 0 Å². The molecule has 1 unspecified atom stereocenters. The molecule has 1 nitrogen and oxygen atoms in total. The van der Waals surface area contributed by atoms with Crippen LogP contribution in [0.1, 0.15) is 44.2 Å². The van der Waals surface area contributed by atoms with E-state index in [1.165, 1.54) is 11.1 Å². The summed E-state index contributed by atoms with van der Waals surface area (Å²) >= 11 is 0. The summed E-state index contributed by atoms with van der Waals surface area (Å²) in [5, 5.41) is 0. The van der Waals surface area contributed by atoms with Crippen molar-refractivity contribution in [3.05, 3.63) is 35.4 Å². The first kappa shape index (κ1) is 12.3. The minimum atomic E-state index is -0.0124. The van der Waals surface area contributed by atoms with Gasteiger partial charge in [0.15, 0.2) is 0 Å². The van der Waals surface area contributed by atoms with Crippen LogP contribution in [0.15, 0.2) is 24.3 Å². The number of Topliss-reactive ketones (excluding diaryl/α,β-unsaturated/α-hetero) is 1. The average molecular weight is 230 g/mol. The van der Waals surface area contributed by atoms with Crippen molar-refractivity contribution in [1.29, 1.82) is 0 Å². The third-order valence-corrected chi connectivity index (χ3v) is 4.23. The molecule has 92 valence electrons. The lowest BCUT2D eigenvalue weighted by Gasteiger charge is -2.19. The van der Waals surface area contributed by atoms with Gasteiger partial charge in [0.25, 0.3) is 0 Å². The highest BCUT2D eigenvalue weighted by Gasteiger charge is 2.50. The summed E-state index contributed by atoms with van der Waals surface area (Å²) in [4.78, 5) is 12.4. The largest absolute Gasteiger partial charge is 0.299 e. The van der Waals surface area contributed by atoms with Crippen LogP contribution in [0.2, 0.25) is 0 Å². The molecule has 2 rings (SSSR count). The Morgan fingerprint density at radius 1 is 1.35 bits per heavy atom. The molecular weight excluding hydrogens is 208 g/mol. The van der Waals surface area contributed by atoms with Gasteiger partial charge in [0, 0.05) is 11.3 Å². The molecule has 1 aliphatic carbocycles. The van der Waals surface area contributed by atoms with Crippen molar-refractivity contribution in [2.45, 2.75) is 46.5 Å². The van der Waals surface area contributed by atoms with Gasteiger partial charge in [-0.2, -0.15) is 0 Å². The van der Waals surface area contributed by atoms with Crippen LogP contribution in [0.3, 0.4) is 0 Å². The van der Waals surface area contributed by atoms with Crippen LogP contribution in [0.25, 0.3) is 0 Å². The van der Waals surface area contributed by atoms with E-state index in [9.17, 15) is 4.79 Å². The first-order valence-corrected chi connectivity index (χ1v) is 6.68. The van der Waals surface area contributed by atoms with E-state index in [1.807, 2.05) is 0 Å². The molecular formula is C16H22O. The highest BCUT2D eigenvalue weighted by molar-refractivity contribution is 5.89. The van der Waals surface area contributed by atoms with Crippen LogP contribution in [-0.2, 0) is 11.2 Å². The number of aryl methyl sites for hydroxylation is 1. The number of ketones is 1. The lowest BCUT2D eigenvalue weighted by atomic mass is 9.84. The van der Waals surface area contributed by atoms with Gasteiger partial charge >= 0.3 is 0 Å². The number of benzene rings is 1. The molecule has 1 aromatic carbocycles. The van der Waals surface area contributed by atoms with Gasteiger partial charge in [-0.25, -0.2) is 0 Å². The van der Waals surface area contributed by atoms with Gasteiger partial charge in [0.2, 0.25) is 0 Å². The lowest BCUT2D eigenvalue weighted by molar-refractivity contribution is -0.127. The summed E-state index contributed by atoms with van der Waals surface area (Å²) in [6.45, 7) is 6.31. The molecule has 1 fully saturated rings. The Balaban J connectivity index is 2.14. The van der Waals surface area contributed by atoms with Gasteiger partial charge in [-0.05, 0) is 43.7 Å². The summed E-state index contributed by atoms with van der Waals surface area (Å²) in [5.74, 6) is 0.713. The molecule has 0 amide bonds. The Morgan fingerprint density at radius 3 is 2.53 bits per heavy atom. The molecule has 1 aromatic rings. The second kappa shape index (κ2) is 4.64. The van der Waals surface area contributed by atoms with E-state index in [-0.39, 0.29) is 11.3 Å². The second-order valence-electron chi connectivity index (χ2n) is 5.56. The van der Waals surface area contributed by atoms with Crippen LogP contribution in [0.5, 0.6) is 0 Å². The lowest BCUT2D eigenvalue weighted by Crippen LogP contribution is -2.25. The number of carbonyl (C=O) groups is 1. The molecule has 0 bridgehead atoms. The summed E-state index contributed by atoms with van der Waals surface area (Å²) in [5.41, 5.74) is 2.65. The Labute approximate surface area is 104 Å². The zero-order valence-electron chi connectivity index (χ0n) is 11.1. The minimum absolute atomic E-state index is 0.0124. The first-order valence-electron chi connectivity index (χ1n) is 6.68. The third-order valence-electron chi connectivity index (χ3n) is 4.23. The Hall–Kier alpha value is -1.11. The van der Waals surface area contributed by atoms with Crippen LogP contribution in [-0.4, -0.2) is 5.78 Å². The van der Waals surface area contributed by atoms with E-state index < -0.39 is 0 Å². The van der Waals surface area contributed by atoms with Crippen LogP contribution >= 0.6 is 0 Å². The monoisotopic (exact) mass is 230 g/mol. The predicted octanol–water partition coefficient (Wildman–Crippen LogP) is 3.93. The van der Waals surface area contributed by atoms with Crippen molar-refractivity contribution in [3.63, 3.8) is 0 Å². The fraction of sp³-hybridized carbons (Fsp3) is 0.562. The van der Waals surface area contributed by atoms with Crippen LogP contribution in [0, 0.1) is 18.3 Å². The predicted molar refractivity (Wildman–Crippen MR) is 71.0 cm³/mol. The smallest absolute Gasteiger partial charge is 0.142 e. The topological polar surface area (TPSA) is 17.1 Å². The third kappa shape index (κ3) is 2.43. The van der Waals surface area contributed by atoms with Crippen LogP contribution in [0.4, 0.5) is 0 Å². The second-order valence-corrected chi connectivity index (χ2v) is 5.56. The van der Waals surface area contributed by atoms with Crippen molar-refractivity contribution >= 4 is 5.78 Å². The van der Waals surface area contributed by atoms with Gasteiger partial charge in [-0.15, -0.1) is 0 Å². The molecule has 17 heavy (non-hydrogen) atoms. The highest BCUT2D eigenvalue weighted by Crippen LogP contribution is 2.51. The van der Waals surface area contributed by atoms with Gasteiger partial charge in [-0.3, -0.25) is 4.79 Å². The Kier molecular flexibility index (Phi) is 3.37. The normalized spacial score (nSPS) is 18.8. The average Bonchev–Trinajstić information content (AvgIpc) is 3.11. The molecule has 0 saturated heterocycles. The van der Waals surface area contributed by atoms with Crippen molar-refractivity contribution < 1.29 is 4.79 Å². The van der Waals surface area contributed by atoms with E-state index in [0.29, 0.717) is 5.78 Å². The maximum Gasteiger partial charge on any atom is 0.142 e. The first-order chi connectivity index (χ1) is 8.09. The molecule has 1 heteroatoms. The van der Waals surface area contributed by atoms with Gasteiger partial charge < -0.3 is 0 Å². The molecule has 0 aromatic heterocycles. The van der Waals surface area contributed by atoms with E-state index in [4.69, 9.17) is 0 Å². The van der Waals surface area contributed by atoms with Crippen molar-refractivity contribution in [2.75, 3.05) is 0 Å². The van der Waals surface area contributed by atoms with Gasteiger partial charge in [-0.1, -0.05) is 38.1 Å². The molecule has 1 saturated carbocycles. The zero-order valence-corrected chi connectivity index (χ0v) is 11.1. The molecule has 0 spiro atoms. The summed E-state index contributed by atoms with van der Waals surface area (Å²) < 4.78 is 0.